The Morgan fingerprint density at radius 2 is 2.04 bits per heavy atom. The van der Waals surface area contributed by atoms with E-state index in [2.05, 4.69) is 6.92 Å². The third-order valence-corrected chi connectivity index (χ3v) is 4.96. The van der Waals surface area contributed by atoms with E-state index in [1.165, 1.54) is 0 Å². The highest BCUT2D eigenvalue weighted by atomic mass is 16.3. The first-order chi connectivity index (χ1) is 12.5. The van der Waals surface area contributed by atoms with Crippen molar-refractivity contribution in [3.8, 4) is 0 Å². The van der Waals surface area contributed by atoms with Crippen molar-refractivity contribution in [2.75, 3.05) is 6.61 Å². The zero-order valence-electron chi connectivity index (χ0n) is 15.8. The predicted octanol–water partition coefficient (Wildman–Crippen LogP) is 2.73. The van der Waals surface area contributed by atoms with Crippen molar-refractivity contribution in [3.05, 3.63) is 24.3 Å². The van der Waals surface area contributed by atoms with Crippen LogP contribution in [0.25, 0.3) is 0 Å². The Morgan fingerprint density at radius 1 is 1.27 bits per heavy atom. The lowest BCUT2D eigenvalue weighted by molar-refractivity contribution is -0.122. The molecule has 3 N–H and O–H groups in total. The number of aliphatic hydroxyl groups excluding tert-OH is 3. The molecule has 0 bridgehead atoms. The number of ketones is 2. The van der Waals surface area contributed by atoms with Crippen LogP contribution in [0.5, 0.6) is 0 Å². The van der Waals surface area contributed by atoms with Gasteiger partial charge in [-0.2, -0.15) is 0 Å². The predicted molar refractivity (Wildman–Crippen MR) is 102 cm³/mol. The molecule has 0 amide bonds. The largest absolute Gasteiger partial charge is 0.392 e. The highest BCUT2D eigenvalue weighted by Gasteiger charge is 2.39. The van der Waals surface area contributed by atoms with E-state index in [1.54, 1.807) is 12.2 Å². The highest BCUT2D eigenvalue weighted by molar-refractivity contribution is 5.86. The molecule has 1 aliphatic rings. The first-order valence-electron chi connectivity index (χ1n) is 9.84. The summed E-state index contributed by atoms with van der Waals surface area (Å²) < 4.78 is 0. The fourth-order valence-electron chi connectivity index (χ4n) is 3.34. The topological polar surface area (TPSA) is 94.8 Å². The number of aliphatic hydroxyl groups is 3. The van der Waals surface area contributed by atoms with Crippen LogP contribution >= 0.6 is 0 Å². The Balaban J connectivity index is 2.46. The van der Waals surface area contributed by atoms with Crippen LogP contribution in [0, 0.1) is 11.8 Å². The molecule has 0 aromatic rings. The van der Waals surface area contributed by atoms with E-state index in [9.17, 15) is 19.8 Å². The zero-order chi connectivity index (χ0) is 19.4. The minimum atomic E-state index is -0.644. The van der Waals surface area contributed by atoms with Gasteiger partial charge in [-0.05, 0) is 25.7 Å². The Labute approximate surface area is 156 Å². The molecule has 0 aromatic heterocycles. The highest BCUT2D eigenvalue weighted by Crippen LogP contribution is 2.33. The summed E-state index contributed by atoms with van der Waals surface area (Å²) in [6, 6.07) is 0. The van der Waals surface area contributed by atoms with Gasteiger partial charge in [-0.3, -0.25) is 9.59 Å². The van der Waals surface area contributed by atoms with Crippen molar-refractivity contribution >= 4 is 11.6 Å². The maximum Gasteiger partial charge on any atom is 0.158 e. The van der Waals surface area contributed by atoms with Gasteiger partial charge in [0.15, 0.2) is 5.78 Å². The summed E-state index contributed by atoms with van der Waals surface area (Å²) in [4.78, 5) is 23.1. The average Bonchev–Trinajstić information content (AvgIpc) is 2.89. The number of hydrogen-bond donors (Lipinski definition) is 3. The molecule has 1 rings (SSSR count). The number of carbonyl (C=O) groups excluding carboxylic acids is 2. The second-order valence-electron chi connectivity index (χ2n) is 7.17. The summed E-state index contributed by atoms with van der Waals surface area (Å²) in [6.45, 7) is 1.71. The molecule has 26 heavy (non-hydrogen) atoms. The van der Waals surface area contributed by atoms with Crippen LogP contribution < -0.4 is 0 Å². The average molecular weight is 366 g/mol. The summed E-state index contributed by atoms with van der Waals surface area (Å²) in [5.41, 5.74) is 0. The molecule has 4 atom stereocenters. The van der Waals surface area contributed by atoms with E-state index in [-0.39, 0.29) is 29.8 Å². The summed E-state index contributed by atoms with van der Waals surface area (Å²) in [5.74, 6) is -0.622. The molecular weight excluding hydrogens is 332 g/mol. The molecule has 5 nitrogen and oxygen atoms in total. The molecule has 0 aromatic carbocycles. The van der Waals surface area contributed by atoms with Crippen LogP contribution in [-0.4, -0.2) is 45.7 Å². The van der Waals surface area contributed by atoms with Gasteiger partial charge in [-0.1, -0.05) is 50.5 Å². The van der Waals surface area contributed by atoms with Crippen molar-refractivity contribution in [1.29, 1.82) is 0 Å². The van der Waals surface area contributed by atoms with Crippen LogP contribution in [-0.2, 0) is 9.59 Å². The van der Waals surface area contributed by atoms with Gasteiger partial charge in [0.05, 0.1) is 12.2 Å². The van der Waals surface area contributed by atoms with Gasteiger partial charge < -0.3 is 15.3 Å². The van der Waals surface area contributed by atoms with Gasteiger partial charge in [-0.25, -0.2) is 0 Å². The van der Waals surface area contributed by atoms with Crippen LogP contribution in [0.15, 0.2) is 24.3 Å². The van der Waals surface area contributed by atoms with Crippen molar-refractivity contribution in [3.63, 3.8) is 0 Å². The number of Topliss-reactive ketones (excluding diaryl/α,β-unsaturated/α-hetero) is 2. The molecule has 148 valence electrons. The summed E-state index contributed by atoms with van der Waals surface area (Å²) >= 11 is 0. The minimum Gasteiger partial charge on any atom is -0.392 e. The molecule has 0 heterocycles. The minimum absolute atomic E-state index is 0.0291. The van der Waals surface area contributed by atoms with E-state index in [4.69, 9.17) is 5.11 Å². The molecule has 0 spiro atoms. The van der Waals surface area contributed by atoms with Gasteiger partial charge in [0.2, 0.25) is 0 Å². The molecule has 0 saturated heterocycles. The third-order valence-electron chi connectivity index (χ3n) is 4.96. The van der Waals surface area contributed by atoms with E-state index in [0.29, 0.717) is 25.7 Å². The lowest BCUT2D eigenvalue weighted by Gasteiger charge is -2.17. The lowest BCUT2D eigenvalue weighted by Crippen LogP contribution is -2.19. The Hall–Kier alpha value is -1.30. The molecule has 0 radical (unpaired) electrons. The SMILES string of the molecule is CCCCC[C@H](O)C=C[C@H]1C(=O)C[C@H](O)[C@@H]1CC=CCCCC(=O)CO. The van der Waals surface area contributed by atoms with Gasteiger partial charge >= 0.3 is 0 Å². The lowest BCUT2D eigenvalue weighted by atomic mass is 9.90. The number of unbranched alkanes of at least 4 members (excludes halogenated alkanes) is 3. The second-order valence-corrected chi connectivity index (χ2v) is 7.17. The van der Waals surface area contributed by atoms with Crippen molar-refractivity contribution < 1.29 is 24.9 Å². The maximum atomic E-state index is 12.1. The van der Waals surface area contributed by atoms with Crippen molar-refractivity contribution in [1.82, 2.24) is 0 Å². The molecule has 0 aliphatic heterocycles. The third kappa shape index (κ3) is 8.39. The first kappa shape index (κ1) is 22.7. The van der Waals surface area contributed by atoms with Crippen molar-refractivity contribution in [2.45, 2.75) is 76.9 Å². The summed E-state index contributed by atoms with van der Waals surface area (Å²) in [7, 11) is 0. The standard InChI is InChI=1S/C21H34O5/c1-2-3-6-9-16(23)12-13-19-18(20(25)14-21(19)26)11-8-5-4-7-10-17(24)15-22/h5,8,12-13,16,18-20,22-23,25H,2-4,6-7,9-11,14-15H2,1H3/t16-,18+,19+,20-/m0/s1. The van der Waals surface area contributed by atoms with Gasteiger partial charge in [0, 0.05) is 24.7 Å². The Morgan fingerprint density at radius 3 is 2.73 bits per heavy atom. The fraction of sp³-hybridized carbons (Fsp3) is 0.714. The molecule has 1 saturated carbocycles. The van der Waals surface area contributed by atoms with E-state index in [1.807, 2.05) is 12.2 Å². The van der Waals surface area contributed by atoms with E-state index >= 15 is 0 Å². The summed E-state index contributed by atoms with van der Waals surface area (Å²) in [6.07, 6.45) is 12.6. The number of carbonyl (C=O) groups is 2. The number of hydrogen-bond acceptors (Lipinski definition) is 5. The van der Waals surface area contributed by atoms with Gasteiger partial charge in [0.1, 0.15) is 12.4 Å². The van der Waals surface area contributed by atoms with Crippen LogP contribution in [0.3, 0.4) is 0 Å². The molecule has 1 fully saturated rings. The van der Waals surface area contributed by atoms with E-state index in [0.717, 1.165) is 25.7 Å². The van der Waals surface area contributed by atoms with Crippen LogP contribution in [0.2, 0.25) is 0 Å². The molecule has 5 heteroatoms. The smallest absolute Gasteiger partial charge is 0.158 e. The maximum absolute atomic E-state index is 12.1. The van der Waals surface area contributed by atoms with Crippen molar-refractivity contribution in [2.24, 2.45) is 11.8 Å². The second kappa shape index (κ2) is 13.0. The fourth-order valence-corrected chi connectivity index (χ4v) is 3.34. The quantitative estimate of drug-likeness (QED) is 0.344. The molecular formula is C21H34O5. The zero-order valence-corrected chi connectivity index (χ0v) is 15.8. The normalized spacial score (nSPS) is 24.8. The van der Waals surface area contributed by atoms with Gasteiger partial charge in [0.25, 0.3) is 0 Å². The summed E-state index contributed by atoms with van der Waals surface area (Å²) in [5, 5.41) is 28.8. The van der Waals surface area contributed by atoms with E-state index < -0.39 is 18.8 Å². The monoisotopic (exact) mass is 366 g/mol. The van der Waals surface area contributed by atoms with Crippen LogP contribution in [0.4, 0.5) is 0 Å². The van der Waals surface area contributed by atoms with Gasteiger partial charge in [-0.15, -0.1) is 0 Å². The number of allylic oxidation sites excluding steroid dienone is 3. The first-order valence-corrected chi connectivity index (χ1v) is 9.84. The Kier molecular flexibility index (Phi) is 11.3. The molecule has 1 aliphatic carbocycles. The molecule has 0 unspecified atom stereocenters. The Bertz CT molecular complexity index is 483. The number of rotatable bonds is 13. The van der Waals surface area contributed by atoms with Crippen LogP contribution in [0.1, 0.15) is 64.7 Å².